The summed E-state index contributed by atoms with van der Waals surface area (Å²) in [5.74, 6) is -0.0537. The van der Waals surface area contributed by atoms with Crippen LogP contribution in [0.5, 0.6) is 0 Å². The van der Waals surface area contributed by atoms with Gasteiger partial charge in [0.05, 0.1) is 11.0 Å². The first-order valence-corrected chi connectivity index (χ1v) is 9.35. The molecule has 2 amide bonds. The van der Waals surface area contributed by atoms with Gasteiger partial charge in [0, 0.05) is 36.4 Å². The number of nitrogens with zero attached hydrogens (tertiary/aromatic N) is 1. The average Bonchev–Trinajstić information content (AvgIpc) is 3.08. The van der Waals surface area contributed by atoms with E-state index >= 15 is 0 Å². The number of alkyl halides is 1. The molecule has 138 valence electrons. The molecule has 1 heterocycles. The van der Waals surface area contributed by atoms with Gasteiger partial charge in [-0.05, 0) is 58.7 Å². The lowest BCUT2D eigenvalue weighted by atomic mass is 9.95. The second-order valence-corrected chi connectivity index (χ2v) is 7.79. The van der Waals surface area contributed by atoms with Gasteiger partial charge in [-0.2, -0.15) is 0 Å². The summed E-state index contributed by atoms with van der Waals surface area (Å²) < 4.78 is 0. The molecule has 0 spiro atoms. The van der Waals surface area contributed by atoms with Crippen LogP contribution in [0.1, 0.15) is 50.9 Å². The van der Waals surface area contributed by atoms with Crippen LogP contribution in [-0.2, 0) is 4.79 Å². The molecule has 1 saturated heterocycles. The number of carbonyl (C=O) groups excluding carboxylic acids is 2. The summed E-state index contributed by atoms with van der Waals surface area (Å²) in [5, 5.41) is 5.82. The van der Waals surface area contributed by atoms with Gasteiger partial charge in [-0.15, -0.1) is 11.6 Å². The number of hydrogen-bond acceptors (Lipinski definition) is 3. The second kappa shape index (κ2) is 8.09. The van der Waals surface area contributed by atoms with Gasteiger partial charge in [-0.3, -0.25) is 9.59 Å². The zero-order valence-electron chi connectivity index (χ0n) is 15.5. The number of anilines is 2. The SMILES string of the molecule is CC(C)NC(=O)c1cc(NC(=O)C(C)(C)CCl)ccc1N1CCCC1. The van der Waals surface area contributed by atoms with Crippen molar-refractivity contribution < 1.29 is 9.59 Å². The van der Waals surface area contributed by atoms with Crippen LogP contribution < -0.4 is 15.5 Å². The normalized spacial score (nSPS) is 14.7. The molecule has 1 aromatic carbocycles. The van der Waals surface area contributed by atoms with Gasteiger partial charge < -0.3 is 15.5 Å². The number of halogens is 1. The zero-order chi connectivity index (χ0) is 18.6. The van der Waals surface area contributed by atoms with Crippen molar-refractivity contribution in [3.8, 4) is 0 Å². The Kier molecular flexibility index (Phi) is 6.33. The Bertz CT molecular complexity index is 638. The van der Waals surface area contributed by atoms with E-state index in [2.05, 4.69) is 15.5 Å². The molecule has 1 aliphatic rings. The molecule has 1 aromatic rings. The number of nitrogens with one attached hydrogen (secondary N) is 2. The Morgan fingerprint density at radius 1 is 1.24 bits per heavy atom. The van der Waals surface area contributed by atoms with E-state index in [0.29, 0.717) is 11.3 Å². The molecule has 1 aliphatic heterocycles. The number of amides is 2. The Morgan fingerprint density at radius 3 is 2.44 bits per heavy atom. The van der Waals surface area contributed by atoms with Crippen LogP contribution in [-0.4, -0.2) is 36.8 Å². The summed E-state index contributed by atoms with van der Waals surface area (Å²) in [5.41, 5.74) is 1.46. The van der Waals surface area contributed by atoms with Crippen molar-refractivity contribution in [1.82, 2.24) is 5.32 Å². The van der Waals surface area contributed by atoms with E-state index in [-0.39, 0.29) is 23.7 Å². The van der Waals surface area contributed by atoms with Crippen LogP contribution in [0.25, 0.3) is 0 Å². The average molecular weight is 366 g/mol. The summed E-state index contributed by atoms with van der Waals surface area (Å²) in [4.78, 5) is 27.2. The van der Waals surface area contributed by atoms with Crippen LogP contribution in [0, 0.1) is 5.41 Å². The molecule has 0 saturated carbocycles. The van der Waals surface area contributed by atoms with Crippen molar-refractivity contribution in [2.45, 2.75) is 46.6 Å². The van der Waals surface area contributed by atoms with Gasteiger partial charge in [0.2, 0.25) is 5.91 Å². The highest BCUT2D eigenvalue weighted by Gasteiger charge is 2.27. The molecule has 0 radical (unpaired) electrons. The van der Waals surface area contributed by atoms with Crippen molar-refractivity contribution in [3.05, 3.63) is 23.8 Å². The fourth-order valence-corrected chi connectivity index (χ4v) is 2.85. The smallest absolute Gasteiger partial charge is 0.253 e. The highest BCUT2D eigenvalue weighted by atomic mass is 35.5. The Labute approximate surface area is 155 Å². The highest BCUT2D eigenvalue weighted by Crippen LogP contribution is 2.29. The van der Waals surface area contributed by atoms with Crippen LogP contribution in [0.2, 0.25) is 0 Å². The maximum atomic E-state index is 12.7. The molecule has 0 unspecified atom stereocenters. The van der Waals surface area contributed by atoms with Crippen LogP contribution >= 0.6 is 11.6 Å². The van der Waals surface area contributed by atoms with E-state index in [1.54, 1.807) is 19.9 Å². The van der Waals surface area contributed by atoms with Crippen molar-refractivity contribution in [2.75, 3.05) is 29.2 Å². The lowest BCUT2D eigenvalue weighted by Crippen LogP contribution is -2.33. The van der Waals surface area contributed by atoms with Gasteiger partial charge in [-0.25, -0.2) is 0 Å². The van der Waals surface area contributed by atoms with Crippen molar-refractivity contribution >= 4 is 34.8 Å². The van der Waals surface area contributed by atoms with E-state index in [1.165, 1.54) is 0 Å². The Hall–Kier alpha value is -1.75. The summed E-state index contributed by atoms with van der Waals surface area (Å²) in [6.07, 6.45) is 2.27. The first-order chi connectivity index (χ1) is 11.7. The Morgan fingerprint density at radius 2 is 1.88 bits per heavy atom. The minimum atomic E-state index is -0.671. The fourth-order valence-electron chi connectivity index (χ4n) is 2.73. The van der Waals surface area contributed by atoms with E-state index in [9.17, 15) is 9.59 Å². The van der Waals surface area contributed by atoms with Crippen molar-refractivity contribution in [2.24, 2.45) is 5.41 Å². The topological polar surface area (TPSA) is 61.4 Å². The standard InChI is InChI=1S/C19H28ClN3O2/c1-13(2)21-17(24)15-11-14(22-18(25)19(3,4)12-20)7-8-16(15)23-9-5-6-10-23/h7-8,11,13H,5-6,9-10,12H2,1-4H3,(H,21,24)(H,22,25). The second-order valence-electron chi connectivity index (χ2n) is 7.53. The maximum Gasteiger partial charge on any atom is 0.253 e. The molecule has 6 heteroatoms. The van der Waals surface area contributed by atoms with E-state index in [0.717, 1.165) is 31.6 Å². The number of hydrogen-bond donors (Lipinski definition) is 2. The third kappa shape index (κ3) is 4.88. The molecule has 0 aromatic heterocycles. The number of rotatable bonds is 6. The monoisotopic (exact) mass is 365 g/mol. The van der Waals surface area contributed by atoms with E-state index < -0.39 is 5.41 Å². The molecule has 25 heavy (non-hydrogen) atoms. The summed E-state index contributed by atoms with van der Waals surface area (Å²) in [7, 11) is 0. The molecule has 5 nitrogen and oxygen atoms in total. The van der Waals surface area contributed by atoms with Crippen LogP contribution in [0.15, 0.2) is 18.2 Å². The molecular formula is C19H28ClN3O2. The predicted molar refractivity (Wildman–Crippen MR) is 104 cm³/mol. The van der Waals surface area contributed by atoms with Crippen molar-refractivity contribution in [3.63, 3.8) is 0 Å². The van der Waals surface area contributed by atoms with Crippen LogP contribution in [0.3, 0.4) is 0 Å². The lowest BCUT2D eigenvalue weighted by Gasteiger charge is -2.24. The molecule has 1 fully saturated rings. The number of benzene rings is 1. The first-order valence-electron chi connectivity index (χ1n) is 8.82. The molecule has 0 aliphatic carbocycles. The van der Waals surface area contributed by atoms with Crippen LogP contribution in [0.4, 0.5) is 11.4 Å². The minimum absolute atomic E-state index is 0.0485. The van der Waals surface area contributed by atoms with Gasteiger partial charge in [0.1, 0.15) is 0 Å². The maximum absolute atomic E-state index is 12.7. The molecular weight excluding hydrogens is 338 g/mol. The molecule has 0 bridgehead atoms. The fraction of sp³-hybridized carbons (Fsp3) is 0.579. The predicted octanol–water partition coefficient (Wildman–Crippen LogP) is 3.63. The van der Waals surface area contributed by atoms with E-state index in [4.69, 9.17) is 11.6 Å². The van der Waals surface area contributed by atoms with E-state index in [1.807, 2.05) is 26.0 Å². The van der Waals surface area contributed by atoms with Gasteiger partial charge in [0.25, 0.3) is 5.91 Å². The first kappa shape index (κ1) is 19.6. The highest BCUT2D eigenvalue weighted by molar-refractivity contribution is 6.20. The summed E-state index contributed by atoms with van der Waals surface area (Å²) >= 11 is 5.87. The third-order valence-corrected chi connectivity index (χ3v) is 4.98. The van der Waals surface area contributed by atoms with Gasteiger partial charge in [-0.1, -0.05) is 0 Å². The lowest BCUT2D eigenvalue weighted by molar-refractivity contribution is -0.122. The quantitative estimate of drug-likeness (QED) is 0.757. The number of carbonyl (C=O) groups is 2. The zero-order valence-corrected chi connectivity index (χ0v) is 16.2. The Balaban J connectivity index is 2.31. The van der Waals surface area contributed by atoms with Gasteiger partial charge >= 0.3 is 0 Å². The largest absolute Gasteiger partial charge is 0.371 e. The third-order valence-electron chi connectivity index (χ3n) is 4.31. The van der Waals surface area contributed by atoms with Gasteiger partial charge in [0.15, 0.2) is 0 Å². The summed E-state index contributed by atoms with van der Waals surface area (Å²) in [6.45, 7) is 9.35. The molecule has 0 atom stereocenters. The summed E-state index contributed by atoms with van der Waals surface area (Å²) in [6, 6.07) is 5.58. The minimum Gasteiger partial charge on any atom is -0.371 e. The molecule has 2 rings (SSSR count). The van der Waals surface area contributed by atoms with Crippen molar-refractivity contribution in [1.29, 1.82) is 0 Å². The molecule has 2 N–H and O–H groups in total.